The second kappa shape index (κ2) is 10.4. The average Bonchev–Trinajstić information content (AvgIpc) is 2.77. The molecule has 0 radical (unpaired) electrons. The van der Waals surface area contributed by atoms with Gasteiger partial charge in [-0.2, -0.15) is 0 Å². The van der Waals surface area contributed by atoms with Crippen molar-refractivity contribution in [3.63, 3.8) is 0 Å². The largest absolute Gasteiger partial charge is 0.494 e. The Bertz CT molecular complexity index is 886. The van der Waals surface area contributed by atoms with Crippen molar-refractivity contribution in [3.05, 3.63) is 90.0 Å². The van der Waals surface area contributed by atoms with Gasteiger partial charge in [0.25, 0.3) is 0 Å². The Morgan fingerprint density at radius 3 is 2.10 bits per heavy atom. The summed E-state index contributed by atoms with van der Waals surface area (Å²) < 4.78 is 10.8. The quantitative estimate of drug-likeness (QED) is 0.495. The Morgan fingerprint density at radius 1 is 0.862 bits per heavy atom. The minimum absolute atomic E-state index is 0.369. The minimum atomic E-state index is -0.939. The molecule has 0 saturated heterocycles. The number of carboxylic acids is 1. The molecule has 3 rings (SSSR count). The molecular weight excluding hydrogens is 364 g/mol. The second-order valence-electron chi connectivity index (χ2n) is 6.93. The lowest BCUT2D eigenvalue weighted by Gasteiger charge is -2.11. The van der Waals surface area contributed by atoms with Gasteiger partial charge in [0.15, 0.2) is 6.10 Å². The van der Waals surface area contributed by atoms with Crippen molar-refractivity contribution in [2.75, 3.05) is 13.7 Å². The molecule has 0 aliphatic rings. The Morgan fingerprint density at radius 2 is 1.48 bits per heavy atom. The van der Waals surface area contributed by atoms with Crippen LogP contribution >= 0.6 is 0 Å². The molecule has 29 heavy (non-hydrogen) atoms. The summed E-state index contributed by atoms with van der Waals surface area (Å²) in [4.78, 5) is 11.0. The molecule has 4 heteroatoms. The summed E-state index contributed by atoms with van der Waals surface area (Å²) >= 11 is 0. The summed E-state index contributed by atoms with van der Waals surface area (Å²) in [6, 6.07) is 26.5. The van der Waals surface area contributed by atoms with Crippen molar-refractivity contribution in [2.45, 2.75) is 25.4 Å². The van der Waals surface area contributed by atoms with Crippen LogP contribution in [0.15, 0.2) is 78.9 Å². The molecule has 1 atom stereocenters. The highest BCUT2D eigenvalue weighted by atomic mass is 16.5. The molecule has 3 aromatic carbocycles. The van der Waals surface area contributed by atoms with Crippen LogP contribution in [0.25, 0.3) is 11.1 Å². The van der Waals surface area contributed by atoms with E-state index in [1.807, 2.05) is 54.6 Å². The molecule has 3 aromatic rings. The monoisotopic (exact) mass is 390 g/mol. The predicted molar refractivity (Wildman–Crippen MR) is 114 cm³/mol. The highest BCUT2D eigenvalue weighted by molar-refractivity contribution is 5.72. The van der Waals surface area contributed by atoms with Gasteiger partial charge in [0, 0.05) is 13.5 Å². The zero-order valence-electron chi connectivity index (χ0n) is 16.6. The van der Waals surface area contributed by atoms with Gasteiger partial charge in [0.05, 0.1) is 6.61 Å². The zero-order valence-corrected chi connectivity index (χ0v) is 16.6. The molecular formula is C25H26O4. The third kappa shape index (κ3) is 6.19. The first-order valence-corrected chi connectivity index (χ1v) is 9.77. The molecule has 0 bridgehead atoms. The SMILES string of the molecule is CO[C@@H](Cc1ccc(CCCOc2ccc(-c3ccccc3)cc2)cc1)C(=O)O. The van der Waals surface area contributed by atoms with Crippen LogP contribution < -0.4 is 4.74 Å². The fourth-order valence-electron chi connectivity index (χ4n) is 3.17. The summed E-state index contributed by atoms with van der Waals surface area (Å²) in [6.45, 7) is 0.650. The van der Waals surface area contributed by atoms with Crippen molar-refractivity contribution in [1.29, 1.82) is 0 Å². The van der Waals surface area contributed by atoms with E-state index in [4.69, 9.17) is 14.6 Å². The Balaban J connectivity index is 1.43. The topological polar surface area (TPSA) is 55.8 Å². The first-order chi connectivity index (χ1) is 14.2. The Labute approximate surface area is 171 Å². The van der Waals surface area contributed by atoms with E-state index in [0.29, 0.717) is 13.0 Å². The minimum Gasteiger partial charge on any atom is -0.494 e. The number of aliphatic carboxylic acids is 1. The molecule has 1 N–H and O–H groups in total. The maximum atomic E-state index is 11.0. The highest BCUT2D eigenvalue weighted by Crippen LogP contribution is 2.22. The fraction of sp³-hybridized carbons (Fsp3) is 0.240. The van der Waals surface area contributed by atoms with Crippen LogP contribution in [0.4, 0.5) is 0 Å². The van der Waals surface area contributed by atoms with Crippen molar-refractivity contribution in [1.82, 2.24) is 0 Å². The maximum absolute atomic E-state index is 11.0. The molecule has 0 aliphatic carbocycles. The highest BCUT2D eigenvalue weighted by Gasteiger charge is 2.16. The number of rotatable bonds is 10. The smallest absolute Gasteiger partial charge is 0.333 e. The van der Waals surface area contributed by atoms with E-state index in [0.717, 1.165) is 24.2 Å². The normalized spacial score (nSPS) is 11.8. The Kier molecular flexibility index (Phi) is 7.42. The molecule has 4 nitrogen and oxygen atoms in total. The third-order valence-electron chi connectivity index (χ3n) is 4.84. The molecule has 0 saturated carbocycles. The molecule has 0 aromatic heterocycles. The number of aryl methyl sites for hydroxylation is 1. The van der Waals surface area contributed by atoms with Crippen LogP contribution in [0.5, 0.6) is 5.75 Å². The van der Waals surface area contributed by atoms with Crippen molar-refractivity contribution in [2.24, 2.45) is 0 Å². The van der Waals surface area contributed by atoms with Crippen molar-refractivity contribution >= 4 is 5.97 Å². The second-order valence-corrected chi connectivity index (χ2v) is 6.93. The van der Waals surface area contributed by atoms with Gasteiger partial charge in [-0.15, -0.1) is 0 Å². The van der Waals surface area contributed by atoms with Crippen molar-refractivity contribution in [3.8, 4) is 16.9 Å². The van der Waals surface area contributed by atoms with E-state index in [1.54, 1.807) is 0 Å². The molecule has 0 spiro atoms. The van der Waals surface area contributed by atoms with E-state index >= 15 is 0 Å². The van der Waals surface area contributed by atoms with E-state index in [9.17, 15) is 4.79 Å². The summed E-state index contributed by atoms with van der Waals surface area (Å²) in [5.74, 6) is -0.0650. The number of ether oxygens (including phenoxy) is 2. The van der Waals surface area contributed by atoms with Crippen LogP contribution in [0.3, 0.4) is 0 Å². The first kappa shape index (κ1) is 20.6. The molecule has 0 fully saturated rings. The van der Waals surface area contributed by atoms with Gasteiger partial charge in [-0.05, 0) is 47.2 Å². The van der Waals surface area contributed by atoms with Crippen LogP contribution in [0.2, 0.25) is 0 Å². The molecule has 0 amide bonds. The standard InChI is InChI=1S/C25H26O4/c1-28-24(25(26)27)18-20-11-9-19(10-12-20)6-5-17-29-23-15-13-22(14-16-23)21-7-3-2-4-8-21/h2-4,7-16,24H,5-6,17-18H2,1H3,(H,26,27)/t24-/m0/s1. The van der Waals surface area contributed by atoms with Gasteiger partial charge in [0.1, 0.15) is 5.75 Å². The number of hydrogen-bond acceptors (Lipinski definition) is 3. The lowest BCUT2D eigenvalue weighted by Crippen LogP contribution is -2.24. The number of carboxylic acid groups (broad SMARTS) is 1. The van der Waals surface area contributed by atoms with Gasteiger partial charge in [-0.3, -0.25) is 0 Å². The van der Waals surface area contributed by atoms with Crippen molar-refractivity contribution < 1.29 is 19.4 Å². The average molecular weight is 390 g/mol. The van der Waals surface area contributed by atoms with Crippen LogP contribution in [-0.4, -0.2) is 30.9 Å². The zero-order chi connectivity index (χ0) is 20.5. The van der Waals surface area contributed by atoms with Gasteiger partial charge >= 0.3 is 5.97 Å². The van der Waals surface area contributed by atoms with Gasteiger partial charge < -0.3 is 14.6 Å². The molecule has 0 aliphatic heterocycles. The first-order valence-electron chi connectivity index (χ1n) is 9.77. The van der Waals surface area contributed by atoms with Gasteiger partial charge in [-0.25, -0.2) is 4.79 Å². The summed E-state index contributed by atoms with van der Waals surface area (Å²) in [5, 5.41) is 9.06. The third-order valence-corrected chi connectivity index (χ3v) is 4.84. The Hall–Kier alpha value is -3.11. The van der Waals surface area contributed by atoms with Crippen LogP contribution in [0.1, 0.15) is 17.5 Å². The molecule has 0 unspecified atom stereocenters. The van der Waals surface area contributed by atoms with E-state index < -0.39 is 12.1 Å². The van der Waals surface area contributed by atoms with Crippen LogP contribution in [-0.2, 0) is 22.4 Å². The number of benzene rings is 3. The molecule has 150 valence electrons. The lowest BCUT2D eigenvalue weighted by atomic mass is 10.0. The summed E-state index contributed by atoms with van der Waals surface area (Å²) in [6.07, 6.45) is 1.39. The van der Waals surface area contributed by atoms with Gasteiger partial charge in [-0.1, -0.05) is 66.7 Å². The summed E-state index contributed by atoms with van der Waals surface area (Å²) in [7, 11) is 1.42. The van der Waals surface area contributed by atoms with E-state index in [2.05, 4.69) is 24.3 Å². The molecule has 0 heterocycles. The fourth-order valence-corrected chi connectivity index (χ4v) is 3.17. The number of methoxy groups -OCH3 is 1. The summed E-state index contributed by atoms with van der Waals surface area (Å²) in [5.41, 5.74) is 4.54. The van der Waals surface area contributed by atoms with E-state index in [-0.39, 0.29) is 0 Å². The lowest BCUT2D eigenvalue weighted by molar-refractivity contribution is -0.148. The predicted octanol–water partition coefficient (Wildman–Crippen LogP) is 5.01. The number of carbonyl (C=O) groups is 1. The van der Waals surface area contributed by atoms with Crippen LogP contribution in [0, 0.1) is 0 Å². The van der Waals surface area contributed by atoms with Gasteiger partial charge in [0.2, 0.25) is 0 Å². The maximum Gasteiger partial charge on any atom is 0.333 e. The number of hydrogen-bond donors (Lipinski definition) is 1. The van der Waals surface area contributed by atoms with E-state index in [1.165, 1.54) is 23.8 Å².